The fourth-order valence-corrected chi connectivity index (χ4v) is 1.77. The molecule has 7 heteroatoms. The molecule has 0 aliphatic carbocycles. The van der Waals surface area contributed by atoms with E-state index in [9.17, 15) is 9.59 Å². The molecular weight excluding hydrogens is 272 g/mol. The Morgan fingerprint density at radius 3 is 2.81 bits per heavy atom. The molecule has 1 aromatic heterocycles. The summed E-state index contributed by atoms with van der Waals surface area (Å²) in [6, 6.07) is 8.73. The van der Waals surface area contributed by atoms with Gasteiger partial charge < -0.3 is 15.4 Å². The van der Waals surface area contributed by atoms with E-state index in [2.05, 4.69) is 9.84 Å². The Morgan fingerprint density at radius 2 is 2.14 bits per heavy atom. The van der Waals surface area contributed by atoms with Crippen molar-refractivity contribution in [1.82, 2.24) is 14.7 Å². The highest BCUT2D eigenvalue weighted by molar-refractivity contribution is 5.94. The van der Waals surface area contributed by atoms with Crippen molar-refractivity contribution < 1.29 is 14.3 Å². The minimum absolute atomic E-state index is 0.125. The number of nitrogen functional groups attached to an aromatic ring is 1. The predicted octanol–water partition coefficient (Wildman–Crippen LogP) is 0.699. The Bertz CT molecular complexity index is 666. The van der Waals surface area contributed by atoms with Crippen LogP contribution in [0.15, 0.2) is 36.5 Å². The first-order chi connectivity index (χ1) is 10.0. The lowest BCUT2D eigenvalue weighted by molar-refractivity contribution is -0.141. The van der Waals surface area contributed by atoms with Crippen molar-refractivity contribution in [3.8, 4) is 5.69 Å². The third-order valence-electron chi connectivity index (χ3n) is 2.88. The normalized spacial score (nSPS) is 10.2. The van der Waals surface area contributed by atoms with Crippen molar-refractivity contribution in [2.75, 3.05) is 26.4 Å². The van der Waals surface area contributed by atoms with Crippen LogP contribution in [0.2, 0.25) is 0 Å². The number of aromatic nitrogens is 2. The van der Waals surface area contributed by atoms with Gasteiger partial charge in [-0.2, -0.15) is 5.10 Å². The number of nitrogens with zero attached hydrogens (tertiary/aromatic N) is 3. The molecular formula is C14H16N4O3. The van der Waals surface area contributed by atoms with E-state index in [1.807, 2.05) is 6.07 Å². The van der Waals surface area contributed by atoms with Crippen LogP contribution < -0.4 is 5.73 Å². The van der Waals surface area contributed by atoms with Crippen LogP contribution in [-0.2, 0) is 9.53 Å². The van der Waals surface area contributed by atoms with Crippen molar-refractivity contribution in [2.45, 2.75) is 0 Å². The van der Waals surface area contributed by atoms with E-state index in [0.29, 0.717) is 5.69 Å². The largest absolute Gasteiger partial charge is 0.468 e. The molecule has 0 aliphatic heterocycles. The van der Waals surface area contributed by atoms with Crippen LogP contribution in [0.3, 0.4) is 0 Å². The molecule has 0 aliphatic rings. The summed E-state index contributed by atoms with van der Waals surface area (Å²) in [5.41, 5.74) is 7.32. The molecule has 0 bridgehead atoms. The highest BCUT2D eigenvalue weighted by Gasteiger charge is 2.17. The van der Waals surface area contributed by atoms with Crippen molar-refractivity contribution in [1.29, 1.82) is 0 Å². The standard InChI is InChI=1S/C14H16N4O3/c1-17(9-13(19)21-2)14(20)12-6-7-18(16-12)11-5-3-4-10(15)8-11/h3-8H,9,15H2,1-2H3. The Balaban J connectivity index is 2.16. The summed E-state index contributed by atoms with van der Waals surface area (Å²) < 4.78 is 6.07. The second-order valence-electron chi connectivity index (χ2n) is 4.48. The number of nitrogens with two attached hydrogens (primary N) is 1. The maximum absolute atomic E-state index is 12.1. The number of benzene rings is 1. The van der Waals surface area contributed by atoms with Gasteiger partial charge in [-0.3, -0.25) is 9.59 Å². The Hall–Kier alpha value is -2.83. The number of ether oxygens (including phenoxy) is 1. The number of rotatable bonds is 4. The van der Waals surface area contributed by atoms with Crippen LogP contribution in [0.5, 0.6) is 0 Å². The van der Waals surface area contributed by atoms with Crippen molar-refractivity contribution in [3.05, 3.63) is 42.2 Å². The fourth-order valence-electron chi connectivity index (χ4n) is 1.77. The zero-order valence-corrected chi connectivity index (χ0v) is 11.8. The molecule has 0 unspecified atom stereocenters. The van der Waals surface area contributed by atoms with Gasteiger partial charge in [-0.05, 0) is 24.3 Å². The summed E-state index contributed by atoms with van der Waals surface area (Å²) >= 11 is 0. The minimum Gasteiger partial charge on any atom is -0.468 e. The lowest BCUT2D eigenvalue weighted by atomic mass is 10.3. The first kappa shape index (κ1) is 14.6. The number of likely N-dealkylation sites (N-methyl/N-ethyl adjacent to an activating group) is 1. The summed E-state index contributed by atoms with van der Waals surface area (Å²) in [7, 11) is 2.79. The molecule has 21 heavy (non-hydrogen) atoms. The van der Waals surface area contributed by atoms with E-state index >= 15 is 0 Å². The smallest absolute Gasteiger partial charge is 0.325 e. The lowest BCUT2D eigenvalue weighted by Crippen LogP contribution is -2.33. The summed E-state index contributed by atoms with van der Waals surface area (Å²) in [4.78, 5) is 24.5. The van der Waals surface area contributed by atoms with E-state index in [1.54, 1.807) is 35.1 Å². The lowest BCUT2D eigenvalue weighted by Gasteiger charge is -2.13. The molecule has 7 nitrogen and oxygen atoms in total. The monoisotopic (exact) mass is 288 g/mol. The van der Waals surface area contributed by atoms with E-state index in [1.165, 1.54) is 19.1 Å². The zero-order chi connectivity index (χ0) is 15.4. The highest BCUT2D eigenvalue weighted by atomic mass is 16.5. The van der Waals surface area contributed by atoms with E-state index in [-0.39, 0.29) is 18.1 Å². The van der Waals surface area contributed by atoms with Crippen molar-refractivity contribution >= 4 is 17.6 Å². The first-order valence-corrected chi connectivity index (χ1v) is 6.25. The number of esters is 1. The molecule has 2 N–H and O–H groups in total. The predicted molar refractivity (Wildman–Crippen MR) is 77.0 cm³/mol. The topological polar surface area (TPSA) is 90.5 Å². The van der Waals surface area contributed by atoms with Gasteiger partial charge in [0.25, 0.3) is 5.91 Å². The average Bonchev–Trinajstić information content (AvgIpc) is 2.96. The second kappa shape index (κ2) is 6.08. The van der Waals surface area contributed by atoms with Gasteiger partial charge in [0, 0.05) is 18.9 Å². The number of amides is 1. The number of hydrogen-bond donors (Lipinski definition) is 1. The number of methoxy groups -OCH3 is 1. The van der Waals surface area contributed by atoms with Gasteiger partial charge in [-0.1, -0.05) is 6.07 Å². The van der Waals surface area contributed by atoms with Crippen LogP contribution in [0.4, 0.5) is 5.69 Å². The van der Waals surface area contributed by atoms with E-state index < -0.39 is 5.97 Å². The zero-order valence-electron chi connectivity index (χ0n) is 11.8. The summed E-state index contributed by atoms with van der Waals surface area (Å²) in [5, 5.41) is 4.19. The Morgan fingerprint density at radius 1 is 1.38 bits per heavy atom. The quantitative estimate of drug-likeness (QED) is 0.660. The maximum Gasteiger partial charge on any atom is 0.325 e. The summed E-state index contributed by atoms with van der Waals surface area (Å²) in [5.74, 6) is -0.843. The number of carbonyl (C=O) groups excluding carboxylic acids is 2. The molecule has 2 aromatic rings. The van der Waals surface area contributed by atoms with Crippen molar-refractivity contribution in [2.24, 2.45) is 0 Å². The highest BCUT2D eigenvalue weighted by Crippen LogP contribution is 2.12. The maximum atomic E-state index is 12.1. The molecule has 0 fully saturated rings. The molecule has 1 amide bonds. The van der Waals surface area contributed by atoms with Gasteiger partial charge in [-0.25, -0.2) is 4.68 Å². The molecule has 1 heterocycles. The molecule has 0 saturated heterocycles. The van der Waals surface area contributed by atoms with Gasteiger partial charge in [0.1, 0.15) is 6.54 Å². The van der Waals surface area contributed by atoms with Gasteiger partial charge in [0.05, 0.1) is 12.8 Å². The van der Waals surface area contributed by atoms with Crippen LogP contribution >= 0.6 is 0 Å². The van der Waals surface area contributed by atoms with E-state index in [4.69, 9.17) is 5.73 Å². The Labute approximate surface area is 121 Å². The van der Waals surface area contributed by atoms with Gasteiger partial charge in [0.15, 0.2) is 5.69 Å². The third-order valence-corrected chi connectivity index (χ3v) is 2.88. The molecule has 1 aromatic carbocycles. The first-order valence-electron chi connectivity index (χ1n) is 6.25. The summed E-state index contributed by atoms with van der Waals surface area (Å²) in [6.07, 6.45) is 1.66. The molecule has 2 rings (SSSR count). The van der Waals surface area contributed by atoms with Gasteiger partial charge in [-0.15, -0.1) is 0 Å². The van der Waals surface area contributed by atoms with Crippen LogP contribution in [0.25, 0.3) is 5.69 Å². The molecule has 0 radical (unpaired) electrons. The van der Waals surface area contributed by atoms with Gasteiger partial charge >= 0.3 is 5.97 Å². The molecule has 110 valence electrons. The average molecular weight is 288 g/mol. The fraction of sp³-hybridized carbons (Fsp3) is 0.214. The van der Waals surface area contributed by atoms with Gasteiger partial charge in [0.2, 0.25) is 0 Å². The van der Waals surface area contributed by atoms with Crippen LogP contribution in [0.1, 0.15) is 10.5 Å². The molecule has 0 atom stereocenters. The summed E-state index contributed by atoms with van der Waals surface area (Å²) in [6.45, 7) is -0.125. The third kappa shape index (κ3) is 3.38. The van der Waals surface area contributed by atoms with Crippen molar-refractivity contribution in [3.63, 3.8) is 0 Å². The van der Waals surface area contributed by atoms with E-state index in [0.717, 1.165) is 5.69 Å². The van der Waals surface area contributed by atoms with Crippen LogP contribution in [0, 0.1) is 0 Å². The molecule has 0 spiro atoms. The number of anilines is 1. The number of carbonyl (C=O) groups is 2. The Kier molecular flexibility index (Phi) is 4.22. The van der Waals surface area contributed by atoms with Crippen LogP contribution in [-0.4, -0.2) is 47.3 Å². The second-order valence-corrected chi connectivity index (χ2v) is 4.48. The number of hydrogen-bond acceptors (Lipinski definition) is 5. The minimum atomic E-state index is -0.485. The molecule has 0 saturated carbocycles. The SMILES string of the molecule is COC(=O)CN(C)C(=O)c1ccn(-c2cccc(N)c2)n1.